The van der Waals surface area contributed by atoms with E-state index in [-0.39, 0.29) is 17.5 Å². The van der Waals surface area contributed by atoms with E-state index in [1.54, 1.807) is 29.2 Å². The van der Waals surface area contributed by atoms with E-state index in [0.29, 0.717) is 36.5 Å². The molecular formula is C19H19ClN2O5. The molecule has 2 amide bonds. The highest BCUT2D eigenvalue weighted by molar-refractivity contribution is 6.30. The van der Waals surface area contributed by atoms with Gasteiger partial charge in [0.2, 0.25) is 0 Å². The summed E-state index contributed by atoms with van der Waals surface area (Å²) in [5.74, 6) is -2.35. The first-order chi connectivity index (χ1) is 12.8. The zero-order chi connectivity index (χ0) is 19.6. The molecule has 1 saturated heterocycles. The number of phenolic OH excluding ortho intramolecular Hbond substituents is 3. The SMILES string of the molecule is O=C(NC1CCN(C(=O)c2ccc(Cl)cc2)CC1)c1cc(O)c(O)c(O)c1. The lowest BCUT2D eigenvalue weighted by Crippen LogP contribution is -2.46. The van der Waals surface area contributed by atoms with Crippen molar-refractivity contribution < 1.29 is 24.9 Å². The second-order valence-electron chi connectivity index (χ2n) is 6.41. The summed E-state index contributed by atoms with van der Waals surface area (Å²) in [6.45, 7) is 0.997. The van der Waals surface area contributed by atoms with Gasteiger partial charge in [-0.25, -0.2) is 0 Å². The Kier molecular flexibility index (Phi) is 5.41. The number of nitrogens with zero attached hydrogens (tertiary/aromatic N) is 1. The predicted octanol–water partition coefficient (Wildman–Crippen LogP) is 2.49. The zero-order valence-electron chi connectivity index (χ0n) is 14.4. The predicted molar refractivity (Wildman–Crippen MR) is 99.3 cm³/mol. The Hall–Kier alpha value is -2.93. The van der Waals surface area contributed by atoms with Crippen LogP contribution in [0.5, 0.6) is 17.2 Å². The first-order valence-corrected chi connectivity index (χ1v) is 8.83. The molecule has 8 heteroatoms. The Morgan fingerprint density at radius 3 is 2.07 bits per heavy atom. The molecule has 27 heavy (non-hydrogen) atoms. The molecule has 142 valence electrons. The lowest BCUT2D eigenvalue weighted by atomic mass is 10.0. The van der Waals surface area contributed by atoms with Crippen LogP contribution in [0.4, 0.5) is 0 Å². The number of benzene rings is 2. The van der Waals surface area contributed by atoms with Crippen molar-refractivity contribution in [3.05, 3.63) is 52.5 Å². The van der Waals surface area contributed by atoms with E-state index in [2.05, 4.69) is 5.32 Å². The normalized spacial score (nSPS) is 14.8. The van der Waals surface area contributed by atoms with Crippen molar-refractivity contribution in [1.82, 2.24) is 10.2 Å². The van der Waals surface area contributed by atoms with Crippen molar-refractivity contribution in [2.75, 3.05) is 13.1 Å². The molecule has 0 spiro atoms. The first kappa shape index (κ1) is 18.8. The summed E-state index contributed by atoms with van der Waals surface area (Å²) in [6, 6.07) is 8.75. The summed E-state index contributed by atoms with van der Waals surface area (Å²) in [6.07, 6.45) is 1.17. The standard InChI is InChI=1S/C19H19ClN2O5/c20-13-3-1-11(2-4-13)19(27)22-7-5-14(6-8-22)21-18(26)12-9-15(23)17(25)16(24)10-12/h1-4,9-10,14,23-25H,5-8H2,(H,21,26). The zero-order valence-corrected chi connectivity index (χ0v) is 15.1. The fraction of sp³-hybridized carbons (Fsp3) is 0.263. The van der Waals surface area contributed by atoms with Crippen molar-refractivity contribution in [3.8, 4) is 17.2 Å². The van der Waals surface area contributed by atoms with E-state index in [0.717, 1.165) is 12.1 Å². The number of rotatable bonds is 3. The number of hydrogen-bond acceptors (Lipinski definition) is 5. The summed E-state index contributed by atoms with van der Waals surface area (Å²) in [5.41, 5.74) is 0.611. The van der Waals surface area contributed by atoms with Crippen LogP contribution in [0.25, 0.3) is 0 Å². The number of phenols is 3. The summed E-state index contributed by atoms with van der Waals surface area (Å²) in [7, 11) is 0. The molecule has 2 aromatic rings. The fourth-order valence-electron chi connectivity index (χ4n) is 3.01. The summed E-state index contributed by atoms with van der Waals surface area (Å²) >= 11 is 5.84. The lowest BCUT2D eigenvalue weighted by molar-refractivity contribution is 0.0698. The van der Waals surface area contributed by atoms with Crippen molar-refractivity contribution in [2.24, 2.45) is 0 Å². The van der Waals surface area contributed by atoms with Crippen LogP contribution in [0.3, 0.4) is 0 Å². The van der Waals surface area contributed by atoms with Gasteiger partial charge in [-0.15, -0.1) is 0 Å². The molecular weight excluding hydrogens is 372 g/mol. The molecule has 1 aliphatic rings. The Morgan fingerprint density at radius 1 is 0.963 bits per heavy atom. The number of carbonyl (C=O) groups excluding carboxylic acids is 2. The van der Waals surface area contributed by atoms with E-state index < -0.39 is 23.2 Å². The number of nitrogens with one attached hydrogen (secondary N) is 1. The Balaban J connectivity index is 1.57. The van der Waals surface area contributed by atoms with Gasteiger partial charge < -0.3 is 25.5 Å². The van der Waals surface area contributed by atoms with Crippen molar-refractivity contribution in [1.29, 1.82) is 0 Å². The van der Waals surface area contributed by atoms with Gasteiger partial charge in [0.15, 0.2) is 17.2 Å². The molecule has 0 aliphatic carbocycles. The number of hydrogen-bond donors (Lipinski definition) is 4. The third-order valence-corrected chi connectivity index (χ3v) is 4.79. The van der Waals surface area contributed by atoms with Crippen LogP contribution in [-0.2, 0) is 0 Å². The average molecular weight is 391 g/mol. The molecule has 0 unspecified atom stereocenters. The van der Waals surface area contributed by atoms with Gasteiger partial charge in [-0.2, -0.15) is 0 Å². The molecule has 7 nitrogen and oxygen atoms in total. The minimum atomic E-state index is -0.666. The minimum Gasteiger partial charge on any atom is -0.504 e. The molecule has 0 bridgehead atoms. The Labute approximate surface area is 160 Å². The topological polar surface area (TPSA) is 110 Å². The second-order valence-corrected chi connectivity index (χ2v) is 6.85. The highest BCUT2D eigenvalue weighted by Crippen LogP contribution is 2.35. The van der Waals surface area contributed by atoms with Crippen LogP contribution in [0.1, 0.15) is 33.6 Å². The van der Waals surface area contributed by atoms with Crippen molar-refractivity contribution in [2.45, 2.75) is 18.9 Å². The van der Waals surface area contributed by atoms with Crippen LogP contribution < -0.4 is 5.32 Å². The molecule has 4 N–H and O–H groups in total. The van der Waals surface area contributed by atoms with E-state index in [9.17, 15) is 24.9 Å². The number of likely N-dealkylation sites (tertiary alicyclic amines) is 1. The van der Waals surface area contributed by atoms with Gasteiger partial charge in [0.25, 0.3) is 11.8 Å². The maximum atomic E-state index is 12.5. The van der Waals surface area contributed by atoms with Crippen LogP contribution in [0.2, 0.25) is 5.02 Å². The van der Waals surface area contributed by atoms with Gasteiger partial charge in [-0.3, -0.25) is 9.59 Å². The summed E-state index contributed by atoms with van der Waals surface area (Å²) in [4.78, 5) is 26.5. The number of amides is 2. The third kappa shape index (κ3) is 4.25. The maximum Gasteiger partial charge on any atom is 0.253 e. The van der Waals surface area contributed by atoms with Crippen molar-refractivity contribution in [3.63, 3.8) is 0 Å². The summed E-state index contributed by atoms with van der Waals surface area (Å²) in [5, 5.41) is 31.8. The monoisotopic (exact) mass is 390 g/mol. The van der Waals surface area contributed by atoms with Crippen LogP contribution in [-0.4, -0.2) is 51.2 Å². The number of piperidine rings is 1. The Bertz CT molecular complexity index is 838. The van der Waals surface area contributed by atoms with Gasteiger partial charge in [-0.05, 0) is 49.2 Å². The first-order valence-electron chi connectivity index (χ1n) is 8.46. The number of carbonyl (C=O) groups is 2. The maximum absolute atomic E-state index is 12.5. The molecule has 1 fully saturated rings. The van der Waals surface area contributed by atoms with Crippen LogP contribution in [0, 0.1) is 0 Å². The number of halogens is 1. The third-order valence-electron chi connectivity index (χ3n) is 4.54. The second kappa shape index (κ2) is 7.75. The van der Waals surface area contributed by atoms with Crippen LogP contribution in [0.15, 0.2) is 36.4 Å². The van der Waals surface area contributed by atoms with Gasteiger partial charge in [0.1, 0.15) is 0 Å². The van der Waals surface area contributed by atoms with Gasteiger partial charge in [0.05, 0.1) is 0 Å². The van der Waals surface area contributed by atoms with Gasteiger partial charge in [0, 0.05) is 35.3 Å². The molecule has 0 atom stereocenters. The molecule has 0 aromatic heterocycles. The van der Waals surface area contributed by atoms with E-state index in [1.165, 1.54) is 0 Å². The van der Waals surface area contributed by atoms with E-state index in [1.807, 2.05) is 0 Å². The van der Waals surface area contributed by atoms with Gasteiger partial charge in [-0.1, -0.05) is 11.6 Å². The molecule has 2 aromatic carbocycles. The van der Waals surface area contributed by atoms with E-state index in [4.69, 9.17) is 11.6 Å². The highest BCUT2D eigenvalue weighted by atomic mass is 35.5. The quantitative estimate of drug-likeness (QED) is 0.602. The number of aromatic hydroxyl groups is 3. The molecule has 0 radical (unpaired) electrons. The van der Waals surface area contributed by atoms with E-state index >= 15 is 0 Å². The largest absolute Gasteiger partial charge is 0.504 e. The van der Waals surface area contributed by atoms with Crippen LogP contribution >= 0.6 is 11.6 Å². The average Bonchev–Trinajstić information content (AvgIpc) is 2.66. The summed E-state index contributed by atoms with van der Waals surface area (Å²) < 4.78 is 0. The van der Waals surface area contributed by atoms with Gasteiger partial charge >= 0.3 is 0 Å². The smallest absolute Gasteiger partial charge is 0.253 e. The Morgan fingerprint density at radius 2 is 1.52 bits per heavy atom. The fourth-order valence-corrected chi connectivity index (χ4v) is 3.13. The lowest BCUT2D eigenvalue weighted by Gasteiger charge is -2.32. The van der Waals surface area contributed by atoms with Crippen molar-refractivity contribution >= 4 is 23.4 Å². The highest BCUT2D eigenvalue weighted by Gasteiger charge is 2.25. The molecule has 1 aliphatic heterocycles. The molecule has 0 saturated carbocycles. The minimum absolute atomic E-state index is 0.0440. The molecule has 1 heterocycles. The molecule has 3 rings (SSSR count).